The molecule has 0 amide bonds. The third-order valence-corrected chi connectivity index (χ3v) is 2.93. The Balaban J connectivity index is 2.71. The molecule has 1 heterocycles. The molecule has 0 bridgehead atoms. The van der Waals surface area contributed by atoms with Gasteiger partial charge in [0.15, 0.2) is 0 Å². The molecule has 0 aliphatic carbocycles. The van der Waals surface area contributed by atoms with E-state index in [0.29, 0.717) is 30.8 Å². The number of ether oxygens (including phenoxy) is 1. The van der Waals surface area contributed by atoms with Gasteiger partial charge in [0.25, 0.3) is 0 Å². The summed E-state index contributed by atoms with van der Waals surface area (Å²) in [6.07, 6.45) is 1.85. The molecule has 18 heavy (non-hydrogen) atoms. The minimum atomic E-state index is -0.0887. The van der Waals surface area contributed by atoms with Crippen LogP contribution in [0.1, 0.15) is 64.3 Å². The minimum Gasteiger partial charge on any atom is -0.370 e. The maximum Gasteiger partial charge on any atom is 0.229 e. The predicted molar refractivity (Wildman–Crippen MR) is 70.2 cm³/mol. The maximum absolute atomic E-state index is 5.66. The molecule has 2 atom stereocenters. The summed E-state index contributed by atoms with van der Waals surface area (Å²) in [5.41, 5.74) is 5.50. The molecule has 104 valence electrons. The Kier molecular flexibility index (Phi) is 6.29. The Morgan fingerprint density at radius 1 is 1.33 bits per heavy atom. The molecule has 0 aliphatic rings. The van der Waals surface area contributed by atoms with Crippen molar-refractivity contribution in [2.24, 2.45) is 11.7 Å². The standard InChI is InChI=1S/C13H25N3O2/c1-5-17-11(9(2)3)12-15-13(18-16-12)10(4)7-6-8-14/h9-11H,5-8,14H2,1-4H3. The van der Waals surface area contributed by atoms with Crippen molar-refractivity contribution in [3.05, 3.63) is 11.7 Å². The van der Waals surface area contributed by atoms with Gasteiger partial charge >= 0.3 is 0 Å². The molecule has 1 aromatic rings. The highest BCUT2D eigenvalue weighted by atomic mass is 16.5. The number of aromatic nitrogens is 2. The summed E-state index contributed by atoms with van der Waals surface area (Å²) in [6, 6.07) is 0. The van der Waals surface area contributed by atoms with E-state index in [1.54, 1.807) is 0 Å². The fourth-order valence-corrected chi connectivity index (χ4v) is 1.86. The van der Waals surface area contributed by atoms with E-state index >= 15 is 0 Å². The van der Waals surface area contributed by atoms with Crippen LogP contribution in [-0.2, 0) is 4.74 Å². The Morgan fingerprint density at radius 3 is 2.61 bits per heavy atom. The van der Waals surface area contributed by atoms with Crippen molar-refractivity contribution in [2.45, 2.75) is 52.6 Å². The molecule has 0 aliphatic heterocycles. The highest BCUT2D eigenvalue weighted by molar-refractivity contribution is 4.96. The highest BCUT2D eigenvalue weighted by Gasteiger charge is 2.23. The average Bonchev–Trinajstić information content (AvgIpc) is 2.81. The van der Waals surface area contributed by atoms with E-state index in [0.717, 1.165) is 12.8 Å². The number of hydrogen-bond donors (Lipinski definition) is 1. The van der Waals surface area contributed by atoms with Crippen LogP contribution in [-0.4, -0.2) is 23.3 Å². The lowest BCUT2D eigenvalue weighted by molar-refractivity contribution is 0.0217. The Labute approximate surface area is 109 Å². The third-order valence-electron chi connectivity index (χ3n) is 2.93. The molecule has 0 fully saturated rings. The third kappa shape index (κ3) is 4.07. The fourth-order valence-electron chi connectivity index (χ4n) is 1.86. The van der Waals surface area contributed by atoms with E-state index in [9.17, 15) is 0 Å². The molecule has 5 nitrogen and oxygen atoms in total. The van der Waals surface area contributed by atoms with Crippen molar-refractivity contribution in [1.82, 2.24) is 10.1 Å². The van der Waals surface area contributed by atoms with Crippen LogP contribution in [0.2, 0.25) is 0 Å². The van der Waals surface area contributed by atoms with Crippen molar-refractivity contribution in [1.29, 1.82) is 0 Å². The lowest BCUT2D eigenvalue weighted by Crippen LogP contribution is -2.13. The van der Waals surface area contributed by atoms with Crippen LogP contribution in [0.15, 0.2) is 4.52 Å². The summed E-state index contributed by atoms with van der Waals surface area (Å²) >= 11 is 0. The van der Waals surface area contributed by atoms with Crippen molar-refractivity contribution in [2.75, 3.05) is 13.2 Å². The van der Waals surface area contributed by atoms with Gasteiger partial charge in [-0.05, 0) is 32.2 Å². The van der Waals surface area contributed by atoms with Crippen LogP contribution in [0.5, 0.6) is 0 Å². The van der Waals surface area contributed by atoms with Crippen LogP contribution < -0.4 is 5.73 Å². The number of nitrogens with zero attached hydrogens (tertiary/aromatic N) is 2. The van der Waals surface area contributed by atoms with E-state index in [1.807, 2.05) is 6.92 Å². The lowest BCUT2D eigenvalue weighted by Gasteiger charge is -2.16. The van der Waals surface area contributed by atoms with Gasteiger partial charge in [-0.3, -0.25) is 0 Å². The van der Waals surface area contributed by atoms with Gasteiger partial charge in [-0.25, -0.2) is 0 Å². The number of rotatable bonds is 8. The topological polar surface area (TPSA) is 74.2 Å². The molecule has 0 spiro atoms. The number of nitrogens with two attached hydrogens (primary N) is 1. The van der Waals surface area contributed by atoms with Gasteiger partial charge in [0.1, 0.15) is 6.10 Å². The summed E-state index contributed by atoms with van der Waals surface area (Å²) in [5, 5.41) is 4.04. The molecule has 0 aromatic carbocycles. The first-order valence-electron chi connectivity index (χ1n) is 6.75. The fraction of sp³-hybridized carbons (Fsp3) is 0.846. The van der Waals surface area contributed by atoms with E-state index in [4.69, 9.17) is 15.0 Å². The van der Waals surface area contributed by atoms with E-state index < -0.39 is 0 Å². The first-order chi connectivity index (χ1) is 8.60. The maximum atomic E-state index is 5.66. The highest BCUT2D eigenvalue weighted by Crippen LogP contribution is 2.26. The first kappa shape index (κ1) is 15.1. The SMILES string of the molecule is CCOC(c1noc(C(C)CCCN)n1)C(C)C. The zero-order valence-corrected chi connectivity index (χ0v) is 11.8. The smallest absolute Gasteiger partial charge is 0.229 e. The van der Waals surface area contributed by atoms with Crippen LogP contribution in [0, 0.1) is 5.92 Å². The van der Waals surface area contributed by atoms with E-state index in [1.165, 1.54) is 0 Å². The van der Waals surface area contributed by atoms with Gasteiger partial charge < -0.3 is 15.0 Å². The first-order valence-corrected chi connectivity index (χ1v) is 6.75. The predicted octanol–water partition coefficient (Wildman–Crippen LogP) is 2.65. The van der Waals surface area contributed by atoms with Gasteiger partial charge in [0.2, 0.25) is 11.7 Å². The zero-order chi connectivity index (χ0) is 13.5. The van der Waals surface area contributed by atoms with Gasteiger partial charge in [-0.1, -0.05) is 25.9 Å². The molecular formula is C13H25N3O2. The summed E-state index contributed by atoms with van der Waals surface area (Å²) in [5.74, 6) is 1.92. The normalized spacial score (nSPS) is 15.0. The molecule has 2 N–H and O–H groups in total. The van der Waals surface area contributed by atoms with Crippen molar-refractivity contribution in [3.8, 4) is 0 Å². The lowest BCUT2D eigenvalue weighted by atomic mass is 10.1. The van der Waals surface area contributed by atoms with Crippen molar-refractivity contribution in [3.63, 3.8) is 0 Å². The van der Waals surface area contributed by atoms with Gasteiger partial charge in [-0.15, -0.1) is 0 Å². The largest absolute Gasteiger partial charge is 0.370 e. The zero-order valence-electron chi connectivity index (χ0n) is 11.8. The quantitative estimate of drug-likeness (QED) is 0.773. The molecule has 0 saturated heterocycles. The van der Waals surface area contributed by atoms with Crippen molar-refractivity contribution >= 4 is 0 Å². The second-order valence-corrected chi connectivity index (χ2v) is 4.94. The van der Waals surface area contributed by atoms with Gasteiger partial charge in [0.05, 0.1) is 0 Å². The minimum absolute atomic E-state index is 0.0887. The summed E-state index contributed by atoms with van der Waals surface area (Å²) in [6.45, 7) is 9.58. The van der Waals surface area contributed by atoms with Crippen LogP contribution in [0.4, 0.5) is 0 Å². The molecular weight excluding hydrogens is 230 g/mol. The second kappa shape index (κ2) is 7.48. The second-order valence-electron chi connectivity index (χ2n) is 4.94. The summed E-state index contributed by atoms with van der Waals surface area (Å²) < 4.78 is 11.0. The summed E-state index contributed by atoms with van der Waals surface area (Å²) in [7, 11) is 0. The molecule has 0 radical (unpaired) electrons. The molecule has 0 saturated carbocycles. The Hall–Kier alpha value is -0.940. The average molecular weight is 255 g/mol. The van der Waals surface area contributed by atoms with Gasteiger partial charge in [-0.2, -0.15) is 4.98 Å². The molecule has 2 unspecified atom stereocenters. The Bertz CT molecular complexity index is 339. The molecule has 1 aromatic heterocycles. The van der Waals surface area contributed by atoms with Crippen LogP contribution >= 0.6 is 0 Å². The van der Waals surface area contributed by atoms with Gasteiger partial charge in [0, 0.05) is 12.5 Å². The monoisotopic (exact) mass is 255 g/mol. The molecule has 1 rings (SSSR count). The van der Waals surface area contributed by atoms with Crippen LogP contribution in [0.3, 0.4) is 0 Å². The Morgan fingerprint density at radius 2 is 2.06 bits per heavy atom. The number of hydrogen-bond acceptors (Lipinski definition) is 5. The molecule has 5 heteroatoms. The summed E-state index contributed by atoms with van der Waals surface area (Å²) in [4.78, 5) is 4.46. The van der Waals surface area contributed by atoms with Crippen LogP contribution in [0.25, 0.3) is 0 Å². The van der Waals surface area contributed by atoms with E-state index in [2.05, 4.69) is 30.9 Å². The van der Waals surface area contributed by atoms with E-state index in [-0.39, 0.29) is 12.0 Å². The van der Waals surface area contributed by atoms with Crippen molar-refractivity contribution < 1.29 is 9.26 Å².